The van der Waals surface area contributed by atoms with E-state index in [9.17, 15) is 16.8 Å². The van der Waals surface area contributed by atoms with Crippen LogP contribution in [-0.2, 0) is 20.0 Å². The van der Waals surface area contributed by atoms with Crippen LogP contribution in [-0.4, -0.2) is 46.5 Å². The van der Waals surface area contributed by atoms with E-state index in [1.54, 1.807) is 25.1 Å². The van der Waals surface area contributed by atoms with Gasteiger partial charge in [0.25, 0.3) is 0 Å². The summed E-state index contributed by atoms with van der Waals surface area (Å²) < 4.78 is 52.4. The van der Waals surface area contributed by atoms with Crippen LogP contribution < -0.4 is 4.72 Å². The minimum absolute atomic E-state index is 0.117. The molecular formula is C14H22N2O4S2. The second-order valence-electron chi connectivity index (χ2n) is 5.59. The Morgan fingerprint density at radius 1 is 1.09 bits per heavy atom. The third-order valence-corrected chi connectivity index (χ3v) is 7.22. The summed E-state index contributed by atoms with van der Waals surface area (Å²) in [6.45, 7) is 4.56. The Kier molecular flexibility index (Phi) is 5.26. The van der Waals surface area contributed by atoms with Crippen molar-refractivity contribution >= 4 is 20.0 Å². The molecule has 0 aromatic heterocycles. The van der Waals surface area contributed by atoms with Gasteiger partial charge in [0.2, 0.25) is 20.0 Å². The van der Waals surface area contributed by atoms with Crippen molar-refractivity contribution in [3.63, 3.8) is 0 Å². The van der Waals surface area contributed by atoms with E-state index in [1.165, 1.54) is 4.31 Å². The van der Waals surface area contributed by atoms with Crippen LogP contribution >= 0.6 is 0 Å². The highest BCUT2D eigenvalue weighted by atomic mass is 32.2. The molecule has 1 heterocycles. The van der Waals surface area contributed by atoms with Gasteiger partial charge in [-0.3, -0.25) is 0 Å². The molecule has 0 radical (unpaired) electrons. The molecule has 124 valence electrons. The lowest BCUT2D eigenvalue weighted by Crippen LogP contribution is -2.36. The maximum Gasteiger partial charge on any atom is 0.240 e. The maximum absolute atomic E-state index is 12.3. The molecule has 1 aromatic carbocycles. The molecule has 6 nitrogen and oxygen atoms in total. The molecule has 1 fully saturated rings. The van der Waals surface area contributed by atoms with E-state index in [0.717, 1.165) is 18.4 Å². The lowest BCUT2D eigenvalue weighted by Gasteiger charge is -2.16. The van der Waals surface area contributed by atoms with Crippen molar-refractivity contribution in [3.05, 3.63) is 29.3 Å². The van der Waals surface area contributed by atoms with Crippen LogP contribution in [0.5, 0.6) is 0 Å². The summed E-state index contributed by atoms with van der Waals surface area (Å²) >= 11 is 0. The molecule has 1 saturated heterocycles. The van der Waals surface area contributed by atoms with Gasteiger partial charge in [-0.15, -0.1) is 0 Å². The Morgan fingerprint density at radius 3 is 2.32 bits per heavy atom. The lowest BCUT2D eigenvalue weighted by molar-refractivity contribution is 0.477. The largest absolute Gasteiger partial charge is 0.240 e. The van der Waals surface area contributed by atoms with Crippen molar-refractivity contribution in [2.75, 3.05) is 25.4 Å². The van der Waals surface area contributed by atoms with E-state index in [-0.39, 0.29) is 17.2 Å². The van der Waals surface area contributed by atoms with Crippen LogP contribution in [0.4, 0.5) is 0 Å². The molecule has 8 heteroatoms. The summed E-state index contributed by atoms with van der Waals surface area (Å²) in [5.74, 6) is -0.211. The van der Waals surface area contributed by atoms with Crippen molar-refractivity contribution in [3.8, 4) is 0 Å². The van der Waals surface area contributed by atoms with Gasteiger partial charge in [0.15, 0.2) is 0 Å². The number of nitrogens with one attached hydrogen (secondary N) is 1. The zero-order valence-electron chi connectivity index (χ0n) is 12.9. The standard InChI is InChI=1S/C14H22N2O4S2/c1-12-5-6-14(13(2)11-12)22(19,20)15-7-10-21(17,18)16-8-3-4-9-16/h5-6,11,15H,3-4,7-10H2,1-2H3. The number of sulfonamides is 2. The number of aryl methyl sites for hydroxylation is 2. The highest BCUT2D eigenvalue weighted by molar-refractivity contribution is 7.90. The van der Waals surface area contributed by atoms with E-state index >= 15 is 0 Å². The van der Waals surface area contributed by atoms with Crippen LogP contribution in [0.2, 0.25) is 0 Å². The highest BCUT2D eigenvalue weighted by Gasteiger charge is 2.25. The fourth-order valence-corrected chi connectivity index (χ4v) is 5.40. The molecule has 0 spiro atoms. The third kappa shape index (κ3) is 4.07. The lowest BCUT2D eigenvalue weighted by atomic mass is 10.2. The zero-order chi connectivity index (χ0) is 16.4. The molecule has 1 N–H and O–H groups in total. The molecule has 0 atom stereocenters. The van der Waals surface area contributed by atoms with Crippen molar-refractivity contribution < 1.29 is 16.8 Å². The van der Waals surface area contributed by atoms with Crippen LogP contribution in [0, 0.1) is 13.8 Å². The van der Waals surface area contributed by atoms with Crippen molar-refractivity contribution in [1.82, 2.24) is 9.03 Å². The summed E-state index contributed by atoms with van der Waals surface area (Å²) in [5.41, 5.74) is 1.63. The average Bonchev–Trinajstić information content (AvgIpc) is 2.92. The zero-order valence-corrected chi connectivity index (χ0v) is 14.5. The number of nitrogens with zero attached hydrogens (tertiary/aromatic N) is 1. The predicted molar refractivity (Wildman–Crippen MR) is 85.7 cm³/mol. The first-order valence-electron chi connectivity index (χ1n) is 7.27. The van der Waals surface area contributed by atoms with Gasteiger partial charge < -0.3 is 0 Å². The van der Waals surface area contributed by atoms with Crippen molar-refractivity contribution in [2.45, 2.75) is 31.6 Å². The Labute approximate surface area is 132 Å². The average molecular weight is 346 g/mol. The minimum atomic E-state index is -3.69. The molecular weight excluding hydrogens is 324 g/mol. The number of benzene rings is 1. The minimum Gasteiger partial charge on any atom is -0.212 e. The Balaban J connectivity index is 2.01. The smallest absolute Gasteiger partial charge is 0.212 e. The topological polar surface area (TPSA) is 83.5 Å². The fourth-order valence-electron chi connectivity index (χ4n) is 2.58. The van der Waals surface area contributed by atoms with E-state index in [1.807, 2.05) is 6.92 Å². The van der Waals surface area contributed by atoms with E-state index in [0.29, 0.717) is 18.7 Å². The maximum atomic E-state index is 12.3. The van der Waals surface area contributed by atoms with E-state index in [4.69, 9.17) is 0 Å². The Hall–Kier alpha value is -0.960. The number of hydrogen-bond donors (Lipinski definition) is 1. The summed E-state index contributed by atoms with van der Waals surface area (Å²) in [6, 6.07) is 5.06. The molecule has 0 saturated carbocycles. The molecule has 2 rings (SSSR count). The SMILES string of the molecule is Cc1ccc(S(=O)(=O)NCCS(=O)(=O)N2CCCC2)c(C)c1. The monoisotopic (exact) mass is 346 g/mol. The molecule has 1 aromatic rings. The van der Waals surface area contributed by atoms with Gasteiger partial charge in [0.1, 0.15) is 0 Å². The summed E-state index contributed by atoms with van der Waals surface area (Å²) in [4.78, 5) is 0.191. The van der Waals surface area contributed by atoms with Crippen molar-refractivity contribution in [2.24, 2.45) is 0 Å². The van der Waals surface area contributed by atoms with Crippen LogP contribution in [0.1, 0.15) is 24.0 Å². The fraction of sp³-hybridized carbons (Fsp3) is 0.571. The predicted octanol–water partition coefficient (Wildman–Crippen LogP) is 1.01. The van der Waals surface area contributed by atoms with Crippen molar-refractivity contribution in [1.29, 1.82) is 0 Å². The quantitative estimate of drug-likeness (QED) is 0.833. The normalized spacial score (nSPS) is 17.0. The second-order valence-corrected chi connectivity index (χ2v) is 9.41. The van der Waals surface area contributed by atoms with Gasteiger partial charge in [-0.1, -0.05) is 17.7 Å². The molecule has 1 aliphatic rings. The molecule has 0 bridgehead atoms. The summed E-state index contributed by atoms with van der Waals surface area (Å²) in [6.07, 6.45) is 1.74. The summed E-state index contributed by atoms with van der Waals surface area (Å²) in [5, 5.41) is 0. The van der Waals surface area contributed by atoms with Gasteiger partial charge in [-0.05, 0) is 38.3 Å². The Bertz CT molecular complexity index is 736. The summed E-state index contributed by atoms with van der Waals surface area (Å²) in [7, 11) is -7.06. The van der Waals surface area contributed by atoms with Crippen LogP contribution in [0.3, 0.4) is 0 Å². The Morgan fingerprint density at radius 2 is 1.73 bits per heavy atom. The van der Waals surface area contributed by atoms with E-state index in [2.05, 4.69) is 4.72 Å². The number of hydrogen-bond acceptors (Lipinski definition) is 4. The molecule has 1 aliphatic heterocycles. The highest BCUT2D eigenvalue weighted by Crippen LogP contribution is 2.16. The van der Waals surface area contributed by atoms with Gasteiger partial charge in [0, 0.05) is 19.6 Å². The number of rotatable bonds is 6. The van der Waals surface area contributed by atoms with Gasteiger partial charge in [-0.2, -0.15) is 0 Å². The van der Waals surface area contributed by atoms with Gasteiger partial charge >= 0.3 is 0 Å². The first-order chi connectivity index (χ1) is 10.2. The van der Waals surface area contributed by atoms with Crippen LogP contribution in [0.15, 0.2) is 23.1 Å². The van der Waals surface area contributed by atoms with Crippen LogP contribution in [0.25, 0.3) is 0 Å². The molecule has 0 amide bonds. The first-order valence-corrected chi connectivity index (χ1v) is 10.4. The van der Waals surface area contributed by atoms with Gasteiger partial charge in [-0.25, -0.2) is 25.9 Å². The van der Waals surface area contributed by atoms with E-state index < -0.39 is 20.0 Å². The second kappa shape index (κ2) is 6.66. The van der Waals surface area contributed by atoms with Gasteiger partial charge in [0.05, 0.1) is 10.6 Å². The molecule has 0 unspecified atom stereocenters. The molecule has 22 heavy (non-hydrogen) atoms. The third-order valence-electron chi connectivity index (χ3n) is 3.73. The first kappa shape index (κ1) is 17.4. The molecule has 0 aliphatic carbocycles.